The quantitative estimate of drug-likeness (QED) is 0.442. The second-order valence-corrected chi connectivity index (χ2v) is 2.16. The fourth-order valence-corrected chi connectivity index (χ4v) is 0.701. The zero-order valence-corrected chi connectivity index (χ0v) is 5.90. The van der Waals surface area contributed by atoms with E-state index in [4.69, 9.17) is 11.6 Å². The van der Waals surface area contributed by atoms with Gasteiger partial charge in [-0.2, -0.15) is 0 Å². The first-order chi connectivity index (χ1) is 4.74. The Bertz CT molecular complexity index is 237. The molecule has 0 aromatic heterocycles. The van der Waals surface area contributed by atoms with Gasteiger partial charge in [0.1, 0.15) is 0 Å². The Kier molecular flexibility index (Phi) is 2.12. The standard InChI is InChI=1S/C7H6ClFO/c1-10-5-2-3-6(8)7(9)4-5/h2-4,10H,1H2. The third kappa shape index (κ3) is 1.39. The Labute approximate surface area is 63.4 Å². The van der Waals surface area contributed by atoms with Crippen molar-refractivity contribution in [2.75, 3.05) is 0 Å². The van der Waals surface area contributed by atoms with E-state index in [1.165, 1.54) is 12.1 Å². The van der Waals surface area contributed by atoms with Crippen molar-refractivity contribution in [1.82, 2.24) is 0 Å². The van der Waals surface area contributed by atoms with Crippen LogP contribution in [0.1, 0.15) is 0 Å². The monoisotopic (exact) mass is 160 g/mol. The van der Waals surface area contributed by atoms with Gasteiger partial charge in [-0.1, -0.05) is 11.6 Å². The van der Waals surface area contributed by atoms with E-state index in [1.807, 2.05) is 0 Å². The van der Waals surface area contributed by atoms with E-state index in [0.29, 0.717) is 5.75 Å². The SMILES string of the molecule is [CH2-][OH+]c1ccc(Cl)c(F)c1. The predicted octanol–water partition coefficient (Wildman–Crippen LogP) is 2.51. The highest BCUT2D eigenvalue weighted by Gasteiger charge is 2.00. The molecular weight excluding hydrogens is 155 g/mol. The minimum Gasteiger partial charge on any atom is -0.722 e. The van der Waals surface area contributed by atoms with Crippen molar-refractivity contribution < 1.29 is 9.13 Å². The summed E-state index contributed by atoms with van der Waals surface area (Å²) in [6, 6.07) is 4.27. The van der Waals surface area contributed by atoms with Crippen molar-refractivity contribution in [3.63, 3.8) is 0 Å². The number of hydrogen-bond acceptors (Lipinski definition) is 0. The second kappa shape index (κ2) is 2.88. The van der Waals surface area contributed by atoms with Crippen molar-refractivity contribution in [3.8, 4) is 5.75 Å². The largest absolute Gasteiger partial charge is 0.722 e. The first kappa shape index (κ1) is 7.35. The number of hydrogen-bond donors (Lipinski definition) is 0. The maximum atomic E-state index is 12.5. The normalized spacial score (nSPS) is 9.50. The van der Waals surface area contributed by atoms with Crippen LogP contribution >= 0.6 is 11.6 Å². The van der Waals surface area contributed by atoms with Crippen molar-refractivity contribution in [1.29, 1.82) is 0 Å². The zero-order valence-electron chi connectivity index (χ0n) is 5.14. The fraction of sp³-hybridized carbons (Fsp3) is 0. The topological polar surface area (TPSA) is 12.8 Å². The Morgan fingerprint density at radius 1 is 1.50 bits per heavy atom. The van der Waals surface area contributed by atoms with Crippen LogP contribution in [0.4, 0.5) is 4.39 Å². The lowest BCUT2D eigenvalue weighted by Gasteiger charge is -2.02. The zero-order chi connectivity index (χ0) is 7.56. The molecule has 0 radical (unpaired) electrons. The van der Waals surface area contributed by atoms with Crippen molar-refractivity contribution in [2.45, 2.75) is 0 Å². The summed E-state index contributed by atoms with van der Waals surface area (Å²) in [5, 5.41) is 0.104. The molecule has 0 aliphatic heterocycles. The molecule has 0 bridgehead atoms. The van der Waals surface area contributed by atoms with Gasteiger partial charge in [0.25, 0.3) is 0 Å². The summed E-state index contributed by atoms with van der Waals surface area (Å²) in [7, 11) is 3.24. The molecular formula is C7H6ClFO. The minimum absolute atomic E-state index is 0.104. The van der Waals surface area contributed by atoms with Crippen LogP contribution in [0.15, 0.2) is 18.2 Å². The molecule has 1 nitrogen and oxygen atoms in total. The van der Waals surface area contributed by atoms with E-state index >= 15 is 0 Å². The number of benzene rings is 1. The van der Waals surface area contributed by atoms with E-state index < -0.39 is 5.82 Å². The van der Waals surface area contributed by atoms with Crippen LogP contribution in [-0.2, 0) is 0 Å². The van der Waals surface area contributed by atoms with E-state index in [2.05, 4.69) is 11.8 Å². The van der Waals surface area contributed by atoms with Crippen LogP contribution < -0.4 is 0 Å². The molecule has 0 fully saturated rings. The number of halogens is 2. The van der Waals surface area contributed by atoms with Gasteiger partial charge in [-0.15, -0.1) is 0 Å². The summed E-state index contributed by atoms with van der Waals surface area (Å²) in [4.78, 5) is 0. The summed E-state index contributed by atoms with van der Waals surface area (Å²) >= 11 is 5.40. The number of rotatable bonds is 1. The van der Waals surface area contributed by atoms with Crippen molar-refractivity contribution in [2.24, 2.45) is 0 Å². The minimum atomic E-state index is -0.466. The summed E-state index contributed by atoms with van der Waals surface area (Å²) in [6.45, 7) is 0. The Morgan fingerprint density at radius 2 is 2.20 bits per heavy atom. The van der Waals surface area contributed by atoms with Gasteiger partial charge < -0.3 is 4.74 Å². The molecule has 0 saturated carbocycles. The number of ether oxygens (including phenoxy) is 1. The maximum Gasteiger partial charge on any atom is 0.228 e. The van der Waals surface area contributed by atoms with E-state index in [9.17, 15) is 4.39 Å². The third-order valence-corrected chi connectivity index (χ3v) is 1.39. The van der Waals surface area contributed by atoms with Crippen LogP contribution in [0.2, 0.25) is 5.02 Å². The van der Waals surface area contributed by atoms with E-state index in [-0.39, 0.29) is 5.02 Å². The molecule has 54 valence electrons. The summed E-state index contributed by atoms with van der Waals surface area (Å²) in [5.41, 5.74) is 0. The molecule has 0 aliphatic rings. The fourth-order valence-electron chi connectivity index (χ4n) is 0.583. The summed E-state index contributed by atoms with van der Waals surface area (Å²) in [5.74, 6) is 0.0217. The first-order valence-corrected chi connectivity index (χ1v) is 3.03. The molecule has 1 aromatic carbocycles. The van der Waals surface area contributed by atoms with Gasteiger partial charge in [0, 0.05) is 6.07 Å². The molecule has 0 saturated heterocycles. The van der Waals surface area contributed by atoms with Gasteiger partial charge in [-0.05, 0) is 13.2 Å². The number of aromatic hydroxyl groups is 1. The predicted molar refractivity (Wildman–Crippen MR) is 38.4 cm³/mol. The highest BCUT2D eigenvalue weighted by molar-refractivity contribution is 6.30. The van der Waals surface area contributed by atoms with E-state index in [1.54, 1.807) is 6.07 Å². The molecule has 0 aliphatic carbocycles. The molecule has 0 atom stereocenters. The van der Waals surface area contributed by atoms with Gasteiger partial charge in [0.05, 0.1) is 11.1 Å². The molecule has 0 amide bonds. The van der Waals surface area contributed by atoms with Crippen molar-refractivity contribution in [3.05, 3.63) is 36.1 Å². The van der Waals surface area contributed by atoms with Gasteiger partial charge in [-0.25, -0.2) is 4.39 Å². The lowest BCUT2D eigenvalue weighted by molar-refractivity contribution is 0.185. The van der Waals surface area contributed by atoms with Crippen LogP contribution in [0, 0.1) is 12.9 Å². The molecule has 3 heteroatoms. The summed E-state index contributed by atoms with van der Waals surface area (Å²) in [6.07, 6.45) is 0. The Hall–Kier alpha value is -0.760. The molecule has 10 heavy (non-hydrogen) atoms. The first-order valence-electron chi connectivity index (χ1n) is 2.66. The lowest BCUT2D eigenvalue weighted by atomic mass is 10.3. The smallest absolute Gasteiger partial charge is 0.228 e. The van der Waals surface area contributed by atoms with Crippen LogP contribution in [0.5, 0.6) is 5.75 Å². The lowest BCUT2D eigenvalue weighted by Crippen LogP contribution is -1.78. The Morgan fingerprint density at radius 3 is 2.70 bits per heavy atom. The van der Waals surface area contributed by atoms with Crippen LogP contribution in [0.3, 0.4) is 0 Å². The molecule has 0 spiro atoms. The van der Waals surface area contributed by atoms with Gasteiger partial charge >= 0.3 is 0 Å². The Balaban J connectivity index is 3.04. The number of aliphatic hydroxyl groups is 1. The third-order valence-electron chi connectivity index (χ3n) is 1.09. The average molecular weight is 161 g/mol. The highest BCUT2D eigenvalue weighted by Crippen LogP contribution is 2.20. The molecule has 1 N–H and O–H groups in total. The molecule has 0 heterocycles. The molecule has 0 unspecified atom stereocenters. The van der Waals surface area contributed by atoms with Crippen LogP contribution in [0.25, 0.3) is 0 Å². The molecule has 1 rings (SSSR count). The maximum absolute atomic E-state index is 12.5. The van der Waals surface area contributed by atoms with Gasteiger partial charge in [-0.3, -0.25) is 0 Å². The van der Waals surface area contributed by atoms with Gasteiger partial charge in [0.2, 0.25) is 5.75 Å². The highest BCUT2D eigenvalue weighted by atomic mass is 35.5. The van der Waals surface area contributed by atoms with Crippen molar-refractivity contribution >= 4 is 11.6 Å². The van der Waals surface area contributed by atoms with E-state index in [0.717, 1.165) is 0 Å². The van der Waals surface area contributed by atoms with Crippen LogP contribution in [-0.4, -0.2) is 4.74 Å². The van der Waals surface area contributed by atoms with Gasteiger partial charge in [0.15, 0.2) is 5.82 Å². The molecule has 1 aromatic rings. The average Bonchev–Trinajstić information content (AvgIpc) is 1.95. The summed E-state index contributed by atoms with van der Waals surface area (Å²) < 4.78 is 16.1. The second-order valence-electron chi connectivity index (χ2n) is 1.76.